The monoisotopic (exact) mass is 546 g/mol. The summed E-state index contributed by atoms with van der Waals surface area (Å²) in [5.41, 5.74) is 1.79. The molecule has 3 heterocycles. The van der Waals surface area contributed by atoms with E-state index in [2.05, 4.69) is 5.32 Å². The molecule has 9 heteroatoms. The second kappa shape index (κ2) is 11.4. The van der Waals surface area contributed by atoms with Crippen LogP contribution in [-0.4, -0.2) is 45.6 Å². The number of amides is 2. The number of fused-ring (bicyclic) bond motifs is 1. The van der Waals surface area contributed by atoms with Gasteiger partial charge in [0.25, 0.3) is 5.91 Å². The van der Waals surface area contributed by atoms with Crippen molar-refractivity contribution >= 4 is 46.7 Å². The average molecular weight is 547 g/mol. The second-order valence-corrected chi connectivity index (χ2v) is 11.1. The number of hydrogen-bond acceptors (Lipinski definition) is 7. The summed E-state index contributed by atoms with van der Waals surface area (Å²) in [5, 5.41) is 4.21. The third-order valence-electron chi connectivity index (χ3n) is 6.48. The number of hydrogen-bond donors (Lipinski definition) is 1. The summed E-state index contributed by atoms with van der Waals surface area (Å²) < 4.78 is 6.04. The Balaban J connectivity index is 1.41. The molecule has 194 valence electrons. The Morgan fingerprint density at radius 3 is 2.24 bits per heavy atom. The number of esters is 1. The number of thiophene rings is 1. The van der Waals surface area contributed by atoms with Gasteiger partial charge in [0.1, 0.15) is 17.1 Å². The number of β-lactam (4-membered cyclic amide) rings is 1. The van der Waals surface area contributed by atoms with E-state index in [0.717, 1.165) is 16.0 Å². The van der Waals surface area contributed by atoms with Gasteiger partial charge in [0.05, 0.1) is 6.42 Å². The lowest BCUT2D eigenvalue weighted by atomic mass is 9.99. The van der Waals surface area contributed by atoms with Crippen molar-refractivity contribution in [1.82, 2.24) is 10.2 Å². The molecule has 7 nitrogen and oxygen atoms in total. The number of carbonyl (C=O) groups excluding carboxylic acids is 4. The molecule has 0 radical (unpaired) electrons. The molecule has 0 saturated carbocycles. The number of ketones is 1. The maximum atomic E-state index is 13.7. The molecule has 2 amide bonds. The summed E-state index contributed by atoms with van der Waals surface area (Å²) in [6, 6.07) is 21.6. The summed E-state index contributed by atoms with van der Waals surface area (Å²) in [5.74, 6) is -1.38. The Hall–Kier alpha value is -3.69. The molecule has 2 atom stereocenters. The quantitative estimate of drug-likeness (QED) is 0.319. The normalized spacial score (nSPS) is 18.6. The average Bonchev–Trinajstić information content (AvgIpc) is 3.47. The van der Waals surface area contributed by atoms with Crippen molar-refractivity contribution in [3.05, 3.63) is 105 Å². The van der Waals surface area contributed by atoms with Crippen molar-refractivity contribution in [2.75, 3.05) is 5.75 Å². The van der Waals surface area contributed by atoms with E-state index in [1.54, 1.807) is 6.92 Å². The van der Waals surface area contributed by atoms with Gasteiger partial charge in [-0.2, -0.15) is 0 Å². The Kier molecular flexibility index (Phi) is 7.76. The van der Waals surface area contributed by atoms with Gasteiger partial charge in [0, 0.05) is 22.6 Å². The number of benzene rings is 2. The van der Waals surface area contributed by atoms with Crippen molar-refractivity contribution < 1.29 is 23.9 Å². The van der Waals surface area contributed by atoms with E-state index in [-0.39, 0.29) is 41.6 Å². The van der Waals surface area contributed by atoms with Gasteiger partial charge < -0.3 is 10.1 Å². The van der Waals surface area contributed by atoms with Gasteiger partial charge in [-0.25, -0.2) is 4.79 Å². The zero-order chi connectivity index (χ0) is 26.6. The predicted molar refractivity (Wildman–Crippen MR) is 146 cm³/mol. The Morgan fingerprint density at radius 2 is 1.66 bits per heavy atom. The van der Waals surface area contributed by atoms with Crippen molar-refractivity contribution in [1.29, 1.82) is 0 Å². The largest absolute Gasteiger partial charge is 0.448 e. The Bertz CT molecular complexity index is 1330. The van der Waals surface area contributed by atoms with E-state index < -0.39 is 29.4 Å². The van der Waals surface area contributed by atoms with E-state index in [4.69, 9.17) is 4.74 Å². The third kappa shape index (κ3) is 5.16. The Labute approximate surface area is 228 Å². The fourth-order valence-corrected chi connectivity index (χ4v) is 6.65. The first-order valence-corrected chi connectivity index (χ1v) is 14.2. The number of rotatable bonds is 9. The fourth-order valence-electron chi connectivity index (χ4n) is 4.58. The molecule has 2 aliphatic heterocycles. The van der Waals surface area contributed by atoms with Gasteiger partial charge >= 0.3 is 5.97 Å². The van der Waals surface area contributed by atoms with Crippen molar-refractivity contribution in [3.8, 4) is 0 Å². The zero-order valence-corrected chi connectivity index (χ0v) is 22.3. The molecule has 3 aromatic rings. The number of nitrogens with one attached hydrogen (secondary N) is 1. The van der Waals surface area contributed by atoms with Crippen LogP contribution < -0.4 is 5.32 Å². The lowest BCUT2D eigenvalue weighted by Crippen LogP contribution is -2.70. The Morgan fingerprint density at radius 1 is 1.00 bits per heavy atom. The molecule has 0 bridgehead atoms. The topological polar surface area (TPSA) is 92.8 Å². The summed E-state index contributed by atoms with van der Waals surface area (Å²) in [7, 11) is 0. The van der Waals surface area contributed by atoms with Gasteiger partial charge in [0.15, 0.2) is 11.9 Å². The van der Waals surface area contributed by atoms with Gasteiger partial charge in [-0.3, -0.25) is 19.3 Å². The highest BCUT2D eigenvalue weighted by atomic mass is 32.2. The molecule has 2 aromatic carbocycles. The molecule has 1 aromatic heterocycles. The van der Waals surface area contributed by atoms with E-state index >= 15 is 0 Å². The van der Waals surface area contributed by atoms with Crippen LogP contribution >= 0.6 is 23.1 Å². The van der Waals surface area contributed by atoms with Crippen molar-refractivity contribution in [3.63, 3.8) is 0 Å². The molecule has 1 saturated heterocycles. The minimum Gasteiger partial charge on any atom is -0.448 e. The molecule has 1 unspecified atom stereocenters. The lowest BCUT2D eigenvalue weighted by Gasteiger charge is -2.49. The third-order valence-corrected chi connectivity index (χ3v) is 8.64. The van der Waals surface area contributed by atoms with Crippen LogP contribution in [0.4, 0.5) is 0 Å². The first-order chi connectivity index (χ1) is 18.5. The summed E-state index contributed by atoms with van der Waals surface area (Å²) in [4.78, 5) is 54.7. The SMILES string of the molecule is CCC(=O)C1=C(C(=O)OC(c2ccccc2)c2ccccc2)N2C(=O)C(NC(=O)Cc3cccs3)[C@H]2SC1. The second-order valence-electron chi connectivity index (χ2n) is 8.92. The van der Waals surface area contributed by atoms with E-state index in [1.165, 1.54) is 28.0 Å². The highest BCUT2D eigenvalue weighted by Crippen LogP contribution is 2.42. The molecule has 38 heavy (non-hydrogen) atoms. The van der Waals surface area contributed by atoms with Crippen LogP contribution in [0.5, 0.6) is 0 Å². The standard InChI is InChI=1S/C29H26N2O5S2/c1-2-22(32)21-17-38-28-24(30-23(33)16-20-14-9-15-37-20)27(34)31(28)25(21)29(35)36-26(18-10-5-3-6-11-18)19-12-7-4-8-13-19/h3-15,24,26,28H,2,16-17H2,1H3,(H,30,33)/t24?,28-/m1/s1. The van der Waals surface area contributed by atoms with E-state index in [1.807, 2.05) is 78.2 Å². The molecule has 0 aliphatic carbocycles. The first kappa shape index (κ1) is 25.9. The highest BCUT2D eigenvalue weighted by Gasteiger charge is 2.55. The smallest absolute Gasteiger partial charge is 0.356 e. The highest BCUT2D eigenvalue weighted by molar-refractivity contribution is 8.00. The number of carbonyl (C=O) groups is 4. The molecule has 0 spiro atoms. The van der Waals surface area contributed by atoms with Crippen molar-refractivity contribution in [2.24, 2.45) is 0 Å². The maximum absolute atomic E-state index is 13.7. The van der Waals surface area contributed by atoms with Crippen LogP contribution in [0.2, 0.25) is 0 Å². The minimum atomic E-state index is -0.771. The molecular weight excluding hydrogens is 520 g/mol. The number of ether oxygens (including phenoxy) is 1. The van der Waals surface area contributed by atoms with Crippen LogP contribution in [0, 0.1) is 0 Å². The van der Waals surface area contributed by atoms with E-state index in [0.29, 0.717) is 0 Å². The molecule has 5 rings (SSSR count). The maximum Gasteiger partial charge on any atom is 0.356 e. The predicted octanol–water partition coefficient (Wildman–Crippen LogP) is 4.26. The summed E-state index contributed by atoms with van der Waals surface area (Å²) in [6.07, 6.45) is -0.346. The van der Waals surface area contributed by atoms with Gasteiger partial charge in [-0.1, -0.05) is 73.7 Å². The van der Waals surface area contributed by atoms with Gasteiger partial charge in [-0.15, -0.1) is 23.1 Å². The number of thioether (sulfide) groups is 1. The van der Waals surface area contributed by atoms with Crippen LogP contribution in [-0.2, 0) is 30.3 Å². The van der Waals surface area contributed by atoms with Crippen molar-refractivity contribution in [2.45, 2.75) is 37.3 Å². The number of Topliss-reactive ketones (excluding diaryl/α,β-unsaturated/α-hetero) is 1. The summed E-state index contributed by atoms with van der Waals surface area (Å²) >= 11 is 2.84. The van der Waals surface area contributed by atoms with Crippen LogP contribution in [0.1, 0.15) is 35.5 Å². The molecule has 1 fully saturated rings. The van der Waals surface area contributed by atoms with E-state index in [9.17, 15) is 19.2 Å². The summed E-state index contributed by atoms with van der Waals surface area (Å²) in [6.45, 7) is 1.72. The fraction of sp³-hybridized carbons (Fsp3) is 0.241. The number of nitrogens with zero attached hydrogens (tertiary/aromatic N) is 1. The minimum absolute atomic E-state index is 0.0220. The molecule has 1 N–H and O–H groups in total. The van der Waals surface area contributed by atoms with Crippen LogP contribution in [0.3, 0.4) is 0 Å². The molecular formula is C29H26N2O5S2. The van der Waals surface area contributed by atoms with Gasteiger partial charge in [0.2, 0.25) is 5.91 Å². The van der Waals surface area contributed by atoms with Crippen LogP contribution in [0.25, 0.3) is 0 Å². The lowest BCUT2D eigenvalue weighted by molar-refractivity contribution is -0.154. The first-order valence-electron chi connectivity index (χ1n) is 12.3. The zero-order valence-electron chi connectivity index (χ0n) is 20.7. The van der Waals surface area contributed by atoms with Gasteiger partial charge in [-0.05, 0) is 22.6 Å². The van der Waals surface area contributed by atoms with Crippen LogP contribution in [0.15, 0.2) is 89.4 Å². The molecule has 2 aliphatic rings.